The summed E-state index contributed by atoms with van der Waals surface area (Å²) in [6, 6.07) is 17.8. The third-order valence-corrected chi connectivity index (χ3v) is 6.93. The van der Waals surface area contributed by atoms with E-state index in [4.69, 9.17) is 0 Å². The summed E-state index contributed by atoms with van der Waals surface area (Å²) in [6.07, 6.45) is -4.51. The molecule has 172 valence electrons. The molecule has 2 heterocycles. The summed E-state index contributed by atoms with van der Waals surface area (Å²) in [4.78, 5) is 4.46. The molecule has 11 heteroatoms. The summed E-state index contributed by atoms with van der Waals surface area (Å²) < 4.78 is 67.4. The summed E-state index contributed by atoms with van der Waals surface area (Å²) in [5.74, 6) is 0.171. The quantitative estimate of drug-likeness (QED) is 0.379. The number of fused-ring (bicyclic) bond motifs is 3. The third kappa shape index (κ3) is 3.73. The number of alkyl halides is 3. The Morgan fingerprint density at radius 2 is 1.68 bits per heavy atom. The average molecular weight is 483 g/mol. The van der Waals surface area contributed by atoms with Crippen LogP contribution < -0.4 is 5.32 Å². The fourth-order valence-corrected chi connectivity index (χ4v) is 4.79. The number of nitrogens with zero attached hydrogens (tertiary/aromatic N) is 4. The lowest BCUT2D eigenvalue weighted by atomic mass is 10.2. The van der Waals surface area contributed by atoms with Gasteiger partial charge < -0.3 is 5.32 Å². The molecule has 0 bridgehead atoms. The fourth-order valence-electron chi connectivity index (χ4n) is 3.55. The van der Waals surface area contributed by atoms with Crippen LogP contribution in [0, 0.1) is 6.92 Å². The second-order valence-corrected chi connectivity index (χ2v) is 9.49. The van der Waals surface area contributed by atoms with Crippen molar-refractivity contribution in [1.29, 1.82) is 0 Å². The summed E-state index contributed by atoms with van der Waals surface area (Å²) in [6.45, 7) is 1.84. The molecule has 0 aliphatic carbocycles. The first-order chi connectivity index (χ1) is 16.1. The molecule has 0 saturated carbocycles. The Balaban J connectivity index is 1.70. The molecule has 7 nitrogen and oxygen atoms in total. The van der Waals surface area contributed by atoms with E-state index in [1.807, 2.05) is 6.92 Å². The van der Waals surface area contributed by atoms with Crippen molar-refractivity contribution in [3.05, 3.63) is 83.9 Å². The van der Waals surface area contributed by atoms with Gasteiger partial charge in [-0.2, -0.15) is 17.7 Å². The molecule has 5 rings (SSSR count). The van der Waals surface area contributed by atoms with E-state index < -0.39 is 21.6 Å². The SMILES string of the molecule is Cc1ccc(S(=O)(=O)c2nnn3c2nc(Nc2cccc(C(F)(F)F)c2)c2ccccc23)cc1. The van der Waals surface area contributed by atoms with Gasteiger partial charge in [-0.05, 0) is 49.4 Å². The Morgan fingerprint density at radius 3 is 2.41 bits per heavy atom. The van der Waals surface area contributed by atoms with Crippen LogP contribution in [0.4, 0.5) is 24.7 Å². The van der Waals surface area contributed by atoms with Gasteiger partial charge in [0.05, 0.1) is 16.0 Å². The summed E-state index contributed by atoms with van der Waals surface area (Å²) in [5.41, 5.74) is 0.654. The molecule has 0 spiro atoms. The number of aryl methyl sites for hydroxylation is 1. The molecule has 0 fully saturated rings. The van der Waals surface area contributed by atoms with E-state index in [0.29, 0.717) is 10.9 Å². The van der Waals surface area contributed by atoms with Gasteiger partial charge in [0.15, 0.2) is 5.65 Å². The molecule has 0 aliphatic rings. The topological polar surface area (TPSA) is 89.2 Å². The number of hydrogen-bond donors (Lipinski definition) is 1. The lowest BCUT2D eigenvalue weighted by Gasteiger charge is -2.12. The van der Waals surface area contributed by atoms with E-state index in [0.717, 1.165) is 17.7 Å². The number of benzene rings is 3. The summed E-state index contributed by atoms with van der Waals surface area (Å²) in [5, 5.41) is 11.0. The molecule has 0 aliphatic heterocycles. The number of halogens is 3. The molecule has 2 aromatic heterocycles. The van der Waals surface area contributed by atoms with Crippen LogP contribution in [-0.4, -0.2) is 28.2 Å². The van der Waals surface area contributed by atoms with E-state index >= 15 is 0 Å². The Morgan fingerprint density at radius 1 is 0.941 bits per heavy atom. The average Bonchev–Trinajstić information content (AvgIpc) is 3.24. The maximum absolute atomic E-state index is 13.3. The second kappa shape index (κ2) is 7.80. The predicted octanol–water partition coefficient (Wildman–Crippen LogP) is 5.18. The molecule has 0 unspecified atom stereocenters. The maximum atomic E-state index is 13.3. The summed E-state index contributed by atoms with van der Waals surface area (Å²) in [7, 11) is -4.06. The zero-order valence-electron chi connectivity index (χ0n) is 17.6. The van der Waals surface area contributed by atoms with E-state index in [9.17, 15) is 21.6 Å². The Kier molecular flexibility index (Phi) is 5.01. The normalized spacial score (nSPS) is 12.4. The zero-order chi connectivity index (χ0) is 24.1. The Labute approximate surface area is 191 Å². The minimum Gasteiger partial charge on any atom is -0.340 e. The van der Waals surface area contributed by atoms with Crippen molar-refractivity contribution in [3.63, 3.8) is 0 Å². The van der Waals surface area contributed by atoms with Crippen molar-refractivity contribution < 1.29 is 21.6 Å². The van der Waals surface area contributed by atoms with E-state index in [1.165, 1.54) is 28.8 Å². The van der Waals surface area contributed by atoms with Gasteiger partial charge in [0.1, 0.15) is 5.82 Å². The molecule has 0 amide bonds. The van der Waals surface area contributed by atoms with Gasteiger partial charge in [0, 0.05) is 11.1 Å². The van der Waals surface area contributed by atoms with Crippen molar-refractivity contribution in [3.8, 4) is 0 Å². The van der Waals surface area contributed by atoms with Crippen molar-refractivity contribution in [2.45, 2.75) is 23.0 Å². The van der Waals surface area contributed by atoms with Gasteiger partial charge >= 0.3 is 6.18 Å². The van der Waals surface area contributed by atoms with Gasteiger partial charge in [-0.25, -0.2) is 13.4 Å². The number of para-hydroxylation sites is 1. The van der Waals surface area contributed by atoms with Crippen LogP contribution in [0.25, 0.3) is 16.6 Å². The van der Waals surface area contributed by atoms with E-state index in [-0.39, 0.29) is 27.1 Å². The highest BCUT2D eigenvalue weighted by Gasteiger charge is 2.31. The minimum atomic E-state index is -4.51. The number of rotatable bonds is 4. The molecular weight excluding hydrogens is 467 g/mol. The molecule has 0 radical (unpaired) electrons. The maximum Gasteiger partial charge on any atom is 0.416 e. The zero-order valence-corrected chi connectivity index (χ0v) is 18.4. The van der Waals surface area contributed by atoms with Crippen LogP contribution in [0.2, 0.25) is 0 Å². The molecule has 0 saturated heterocycles. The van der Waals surface area contributed by atoms with Crippen LogP contribution >= 0.6 is 0 Å². The van der Waals surface area contributed by atoms with Gasteiger partial charge in [-0.15, -0.1) is 5.10 Å². The highest BCUT2D eigenvalue weighted by molar-refractivity contribution is 7.91. The first-order valence-corrected chi connectivity index (χ1v) is 11.5. The van der Waals surface area contributed by atoms with Crippen LogP contribution in [0.1, 0.15) is 11.1 Å². The number of sulfone groups is 1. The van der Waals surface area contributed by atoms with Gasteiger partial charge in [0.25, 0.3) is 0 Å². The standard InChI is InChI=1S/C23H16F3N5O2S/c1-14-9-11-17(12-10-14)34(32,33)22-21-28-20(18-7-2-3-8-19(18)31(21)30-29-22)27-16-6-4-5-15(13-16)23(24,25)26/h2-13H,1H3,(H,27,28). The highest BCUT2D eigenvalue weighted by Crippen LogP contribution is 2.33. The Hall–Kier alpha value is -3.99. The minimum absolute atomic E-state index is 0.0304. The first-order valence-electron chi connectivity index (χ1n) is 10.0. The van der Waals surface area contributed by atoms with Crippen LogP contribution in [0.3, 0.4) is 0 Å². The smallest absolute Gasteiger partial charge is 0.340 e. The Bertz CT molecular complexity index is 1650. The number of nitrogens with one attached hydrogen (secondary N) is 1. The van der Waals surface area contributed by atoms with Gasteiger partial charge in [0.2, 0.25) is 14.9 Å². The van der Waals surface area contributed by atoms with Crippen molar-refractivity contribution in [1.82, 2.24) is 19.8 Å². The first kappa shape index (κ1) is 21.8. The van der Waals surface area contributed by atoms with Crippen LogP contribution in [0.5, 0.6) is 0 Å². The number of anilines is 2. The lowest BCUT2D eigenvalue weighted by Crippen LogP contribution is -2.07. The van der Waals surface area contributed by atoms with Crippen LogP contribution in [-0.2, 0) is 16.0 Å². The molecule has 1 N–H and O–H groups in total. The monoisotopic (exact) mass is 483 g/mol. The van der Waals surface area contributed by atoms with Crippen molar-refractivity contribution in [2.24, 2.45) is 0 Å². The fraction of sp³-hybridized carbons (Fsp3) is 0.0870. The largest absolute Gasteiger partial charge is 0.416 e. The molecule has 34 heavy (non-hydrogen) atoms. The molecule has 0 atom stereocenters. The predicted molar refractivity (Wildman–Crippen MR) is 120 cm³/mol. The third-order valence-electron chi connectivity index (χ3n) is 5.26. The van der Waals surface area contributed by atoms with Crippen molar-refractivity contribution in [2.75, 3.05) is 5.32 Å². The van der Waals surface area contributed by atoms with Crippen molar-refractivity contribution >= 4 is 37.9 Å². The van der Waals surface area contributed by atoms with Crippen LogP contribution in [0.15, 0.2) is 82.7 Å². The van der Waals surface area contributed by atoms with E-state index in [2.05, 4.69) is 20.6 Å². The lowest BCUT2D eigenvalue weighted by molar-refractivity contribution is -0.137. The highest BCUT2D eigenvalue weighted by atomic mass is 32.2. The molecule has 3 aromatic carbocycles. The molecular formula is C23H16F3N5O2S. The number of hydrogen-bond acceptors (Lipinski definition) is 6. The van der Waals surface area contributed by atoms with E-state index in [1.54, 1.807) is 36.4 Å². The summed E-state index contributed by atoms with van der Waals surface area (Å²) >= 11 is 0. The molecule has 5 aromatic rings. The van der Waals surface area contributed by atoms with Gasteiger partial charge in [-0.3, -0.25) is 0 Å². The van der Waals surface area contributed by atoms with Gasteiger partial charge in [-0.1, -0.05) is 41.1 Å². The number of aromatic nitrogens is 4. The second-order valence-electron chi connectivity index (χ2n) is 7.63.